The average Bonchev–Trinajstić information content (AvgIpc) is 2.72. The molecule has 1 aromatic rings. The fourth-order valence-electron chi connectivity index (χ4n) is 2.15. The molecule has 5 nitrogen and oxygen atoms in total. The van der Waals surface area contributed by atoms with E-state index in [-0.39, 0.29) is 10.5 Å². The fourth-order valence-corrected chi connectivity index (χ4v) is 4.39. The Kier molecular flexibility index (Phi) is 3.07. The number of rotatable bonds is 2. The van der Waals surface area contributed by atoms with Crippen LogP contribution in [-0.4, -0.2) is 30.8 Å². The van der Waals surface area contributed by atoms with Crippen LogP contribution < -0.4 is 0 Å². The van der Waals surface area contributed by atoms with Crippen LogP contribution in [0.1, 0.15) is 23.8 Å². The molecule has 17 heavy (non-hydrogen) atoms. The second kappa shape index (κ2) is 4.03. The van der Waals surface area contributed by atoms with Crippen LogP contribution in [0.3, 0.4) is 0 Å². The molecule has 0 radical (unpaired) electrons. The topological polar surface area (TPSA) is 83.8 Å². The van der Waals surface area contributed by atoms with Crippen LogP contribution in [0, 0.1) is 6.92 Å². The smallest absolute Gasteiger partial charge is 0.296 e. The van der Waals surface area contributed by atoms with Crippen LogP contribution in [0.4, 0.5) is 0 Å². The second-order valence-corrected chi connectivity index (χ2v) is 6.64. The first-order valence-corrected chi connectivity index (χ1v) is 7.49. The quantitative estimate of drug-likeness (QED) is 0.797. The highest BCUT2D eigenvalue weighted by molar-refractivity contribution is 7.86. The number of hydrogen-bond donors (Lipinski definition) is 2. The highest BCUT2D eigenvalue weighted by Gasteiger charge is 2.45. The van der Waals surface area contributed by atoms with Crippen LogP contribution in [-0.2, 0) is 20.5 Å². The molecule has 0 aliphatic carbocycles. The van der Waals surface area contributed by atoms with E-state index in [1.54, 1.807) is 19.2 Å². The molecule has 96 valence electrons. The third-order valence-electron chi connectivity index (χ3n) is 3.17. The minimum atomic E-state index is -4.32. The summed E-state index contributed by atoms with van der Waals surface area (Å²) in [5, 5.41) is 12.1. The first-order valence-electron chi connectivity index (χ1n) is 5.17. The SMILES string of the molecule is Cc1scc(C2(O)CCOC2C)c1S(=O)(=O)O. The van der Waals surface area contributed by atoms with Gasteiger partial charge in [0.05, 0.1) is 12.7 Å². The molecule has 0 amide bonds. The maximum atomic E-state index is 11.4. The van der Waals surface area contributed by atoms with Crippen molar-refractivity contribution in [3.63, 3.8) is 0 Å². The Labute approximate surface area is 104 Å². The van der Waals surface area contributed by atoms with E-state index < -0.39 is 21.8 Å². The summed E-state index contributed by atoms with van der Waals surface area (Å²) in [6, 6.07) is 0. The summed E-state index contributed by atoms with van der Waals surface area (Å²) in [7, 11) is -4.32. The van der Waals surface area contributed by atoms with Gasteiger partial charge >= 0.3 is 0 Å². The molecule has 7 heteroatoms. The monoisotopic (exact) mass is 278 g/mol. The Morgan fingerprint density at radius 2 is 2.24 bits per heavy atom. The van der Waals surface area contributed by atoms with Crippen molar-refractivity contribution in [3.8, 4) is 0 Å². The van der Waals surface area contributed by atoms with E-state index in [4.69, 9.17) is 4.74 Å². The maximum absolute atomic E-state index is 11.4. The Hall–Kier alpha value is -0.470. The predicted octanol–water partition coefficient (Wildman–Crippen LogP) is 1.30. The average molecular weight is 278 g/mol. The minimum absolute atomic E-state index is 0.178. The Balaban J connectivity index is 2.62. The summed E-state index contributed by atoms with van der Waals surface area (Å²) >= 11 is 1.19. The first-order chi connectivity index (χ1) is 7.77. The maximum Gasteiger partial charge on any atom is 0.296 e. The highest BCUT2D eigenvalue weighted by Crippen LogP contribution is 2.42. The van der Waals surface area contributed by atoms with Gasteiger partial charge in [0, 0.05) is 16.9 Å². The number of aliphatic hydroxyl groups is 1. The lowest BCUT2D eigenvalue weighted by Crippen LogP contribution is -2.34. The van der Waals surface area contributed by atoms with Crippen molar-refractivity contribution in [2.75, 3.05) is 6.61 Å². The zero-order chi connectivity index (χ0) is 12.8. The van der Waals surface area contributed by atoms with E-state index in [0.717, 1.165) is 0 Å². The lowest BCUT2D eigenvalue weighted by atomic mass is 9.90. The van der Waals surface area contributed by atoms with Crippen molar-refractivity contribution in [3.05, 3.63) is 15.8 Å². The van der Waals surface area contributed by atoms with Gasteiger partial charge in [-0.2, -0.15) is 8.42 Å². The van der Waals surface area contributed by atoms with Gasteiger partial charge in [-0.15, -0.1) is 11.3 Å². The van der Waals surface area contributed by atoms with Crippen LogP contribution in [0.2, 0.25) is 0 Å². The third-order valence-corrected chi connectivity index (χ3v) is 5.25. The van der Waals surface area contributed by atoms with E-state index in [1.807, 2.05) is 0 Å². The van der Waals surface area contributed by atoms with Crippen LogP contribution in [0.25, 0.3) is 0 Å². The molecule has 2 unspecified atom stereocenters. The summed E-state index contributed by atoms with van der Waals surface area (Å²) in [6.45, 7) is 3.66. The largest absolute Gasteiger partial charge is 0.382 e. The van der Waals surface area contributed by atoms with Gasteiger partial charge in [-0.3, -0.25) is 4.55 Å². The molecule has 2 heterocycles. The zero-order valence-corrected chi connectivity index (χ0v) is 11.1. The van der Waals surface area contributed by atoms with E-state index in [2.05, 4.69) is 0 Å². The Morgan fingerprint density at radius 3 is 2.71 bits per heavy atom. The van der Waals surface area contributed by atoms with Gasteiger partial charge in [0.25, 0.3) is 10.1 Å². The predicted molar refractivity (Wildman–Crippen MR) is 62.8 cm³/mol. The van der Waals surface area contributed by atoms with Gasteiger partial charge in [0.1, 0.15) is 10.5 Å². The normalized spacial score (nSPS) is 29.8. The van der Waals surface area contributed by atoms with Crippen molar-refractivity contribution >= 4 is 21.5 Å². The van der Waals surface area contributed by atoms with E-state index in [9.17, 15) is 18.1 Å². The van der Waals surface area contributed by atoms with Crippen molar-refractivity contribution in [2.45, 2.75) is 36.9 Å². The molecule has 0 aromatic carbocycles. The molecule has 0 saturated carbocycles. The van der Waals surface area contributed by atoms with Crippen molar-refractivity contribution in [2.24, 2.45) is 0 Å². The van der Waals surface area contributed by atoms with E-state index in [0.29, 0.717) is 17.9 Å². The number of aryl methyl sites for hydroxylation is 1. The molecule has 0 spiro atoms. The van der Waals surface area contributed by atoms with Crippen LogP contribution in [0.15, 0.2) is 10.3 Å². The third kappa shape index (κ3) is 2.02. The molecule has 2 rings (SSSR count). The van der Waals surface area contributed by atoms with Gasteiger partial charge in [0.2, 0.25) is 0 Å². The number of ether oxygens (including phenoxy) is 1. The highest BCUT2D eigenvalue weighted by atomic mass is 32.2. The molecule has 1 fully saturated rings. The molecule has 0 bridgehead atoms. The molecule has 1 saturated heterocycles. The second-order valence-electron chi connectivity index (χ2n) is 4.20. The summed E-state index contributed by atoms with van der Waals surface area (Å²) in [6.07, 6.45) is -0.163. The van der Waals surface area contributed by atoms with E-state index in [1.165, 1.54) is 11.3 Å². The van der Waals surface area contributed by atoms with E-state index >= 15 is 0 Å². The molecule has 1 aromatic heterocycles. The molecular weight excluding hydrogens is 264 g/mol. The van der Waals surface area contributed by atoms with Crippen molar-refractivity contribution < 1.29 is 22.8 Å². The first kappa shape index (κ1) is 13.0. The summed E-state index contributed by atoms with van der Waals surface area (Å²) < 4.78 is 37.2. The summed E-state index contributed by atoms with van der Waals surface area (Å²) in [5.41, 5.74) is -1.09. The molecule has 2 N–H and O–H groups in total. The lowest BCUT2D eigenvalue weighted by molar-refractivity contribution is -0.0334. The summed E-state index contributed by atoms with van der Waals surface area (Å²) in [4.78, 5) is 0.289. The minimum Gasteiger partial charge on any atom is -0.382 e. The van der Waals surface area contributed by atoms with Gasteiger partial charge in [0.15, 0.2) is 0 Å². The lowest BCUT2D eigenvalue weighted by Gasteiger charge is -2.26. The standard InChI is InChI=1S/C10H14O5S2/c1-6-9(17(12,13)14)8(5-16-6)10(11)3-4-15-7(10)2/h5,7,11H,3-4H2,1-2H3,(H,12,13,14). The van der Waals surface area contributed by atoms with Crippen LogP contribution >= 0.6 is 11.3 Å². The molecular formula is C10H14O5S2. The molecule has 1 aliphatic rings. The van der Waals surface area contributed by atoms with Crippen molar-refractivity contribution in [1.82, 2.24) is 0 Å². The van der Waals surface area contributed by atoms with Crippen LogP contribution in [0.5, 0.6) is 0 Å². The van der Waals surface area contributed by atoms with Gasteiger partial charge in [-0.1, -0.05) is 0 Å². The van der Waals surface area contributed by atoms with Crippen molar-refractivity contribution in [1.29, 1.82) is 0 Å². The van der Waals surface area contributed by atoms with Gasteiger partial charge in [-0.05, 0) is 19.2 Å². The molecule has 1 aliphatic heterocycles. The number of thiophene rings is 1. The van der Waals surface area contributed by atoms with Gasteiger partial charge in [-0.25, -0.2) is 0 Å². The molecule has 2 atom stereocenters. The zero-order valence-electron chi connectivity index (χ0n) is 9.50. The Morgan fingerprint density at radius 1 is 1.59 bits per heavy atom. The number of hydrogen-bond acceptors (Lipinski definition) is 5. The Bertz CT molecular complexity index is 533. The fraction of sp³-hybridized carbons (Fsp3) is 0.600. The van der Waals surface area contributed by atoms with Gasteiger partial charge < -0.3 is 9.84 Å². The summed E-state index contributed by atoms with van der Waals surface area (Å²) in [5.74, 6) is 0.